The van der Waals surface area contributed by atoms with Gasteiger partial charge in [-0.3, -0.25) is 9.48 Å². The fourth-order valence-electron chi connectivity index (χ4n) is 3.01. The van der Waals surface area contributed by atoms with E-state index >= 15 is 0 Å². The van der Waals surface area contributed by atoms with Crippen molar-refractivity contribution in [1.29, 1.82) is 0 Å². The van der Waals surface area contributed by atoms with Crippen LogP contribution in [0.25, 0.3) is 10.9 Å². The van der Waals surface area contributed by atoms with Crippen molar-refractivity contribution in [2.75, 3.05) is 27.7 Å². The summed E-state index contributed by atoms with van der Waals surface area (Å²) < 4.78 is 3.92. The number of hydrogen-bond acceptors (Lipinski definition) is 3. The number of benzene rings is 1. The van der Waals surface area contributed by atoms with E-state index in [4.69, 9.17) is 0 Å². The Kier molecular flexibility index (Phi) is 4.90. The molecule has 132 valence electrons. The molecule has 0 spiro atoms. The van der Waals surface area contributed by atoms with Gasteiger partial charge in [0.1, 0.15) is 0 Å². The van der Waals surface area contributed by atoms with Gasteiger partial charge in [0.15, 0.2) is 0 Å². The van der Waals surface area contributed by atoms with E-state index in [1.807, 2.05) is 44.7 Å². The first-order valence-corrected chi connectivity index (χ1v) is 8.41. The number of amides is 1. The molecule has 0 N–H and O–H groups in total. The van der Waals surface area contributed by atoms with Crippen molar-refractivity contribution < 1.29 is 4.79 Å². The van der Waals surface area contributed by atoms with E-state index in [0.29, 0.717) is 6.54 Å². The van der Waals surface area contributed by atoms with E-state index < -0.39 is 0 Å². The summed E-state index contributed by atoms with van der Waals surface area (Å²) in [6.07, 6.45) is 5.71. The maximum atomic E-state index is 13.0. The zero-order valence-electron chi connectivity index (χ0n) is 15.3. The number of likely N-dealkylation sites (N-methyl/N-ethyl adjacent to an activating group) is 1. The van der Waals surface area contributed by atoms with Crippen LogP contribution in [0, 0.1) is 0 Å². The second-order valence-electron chi connectivity index (χ2n) is 6.74. The van der Waals surface area contributed by atoms with Crippen LogP contribution in [0.2, 0.25) is 0 Å². The predicted molar refractivity (Wildman–Crippen MR) is 99.5 cm³/mol. The van der Waals surface area contributed by atoms with Crippen molar-refractivity contribution in [2.45, 2.75) is 13.1 Å². The summed E-state index contributed by atoms with van der Waals surface area (Å²) in [4.78, 5) is 16.9. The van der Waals surface area contributed by atoms with Gasteiger partial charge in [-0.1, -0.05) is 18.2 Å². The van der Waals surface area contributed by atoms with Crippen LogP contribution in [0.15, 0.2) is 42.9 Å². The first-order valence-electron chi connectivity index (χ1n) is 8.41. The standard InChI is InChI=1S/C19H25N5O/c1-21(2)9-10-24-14-17(16-7-5-6-8-18(16)24)19(25)22(3)12-15-11-20-23(4)13-15/h5-8,11,13-14H,9-10,12H2,1-4H3. The first-order chi connectivity index (χ1) is 12.0. The Labute approximate surface area is 148 Å². The van der Waals surface area contributed by atoms with Crippen LogP contribution in [0.5, 0.6) is 0 Å². The molecule has 0 bridgehead atoms. The largest absolute Gasteiger partial charge is 0.345 e. The Morgan fingerprint density at radius 3 is 2.60 bits per heavy atom. The molecular weight excluding hydrogens is 314 g/mol. The minimum atomic E-state index is 0.0312. The molecule has 1 aromatic carbocycles. The molecule has 0 aliphatic heterocycles. The van der Waals surface area contributed by atoms with E-state index in [-0.39, 0.29) is 5.91 Å². The number of fused-ring (bicyclic) bond motifs is 1. The smallest absolute Gasteiger partial charge is 0.256 e. The maximum absolute atomic E-state index is 13.0. The number of para-hydroxylation sites is 1. The van der Waals surface area contributed by atoms with Crippen molar-refractivity contribution in [1.82, 2.24) is 24.1 Å². The maximum Gasteiger partial charge on any atom is 0.256 e. The van der Waals surface area contributed by atoms with Gasteiger partial charge >= 0.3 is 0 Å². The molecule has 6 heteroatoms. The first kappa shape index (κ1) is 17.2. The SMILES string of the molecule is CN(C)CCn1cc(C(=O)N(C)Cc2cnn(C)c2)c2ccccc21. The summed E-state index contributed by atoms with van der Waals surface area (Å²) in [5.41, 5.74) is 2.87. The van der Waals surface area contributed by atoms with Crippen LogP contribution in [0.3, 0.4) is 0 Å². The molecule has 25 heavy (non-hydrogen) atoms. The third-order valence-electron chi connectivity index (χ3n) is 4.33. The van der Waals surface area contributed by atoms with Crippen LogP contribution in [0.1, 0.15) is 15.9 Å². The lowest BCUT2D eigenvalue weighted by molar-refractivity contribution is 0.0787. The molecule has 0 aliphatic carbocycles. The lowest BCUT2D eigenvalue weighted by atomic mass is 10.1. The summed E-state index contributed by atoms with van der Waals surface area (Å²) in [6, 6.07) is 8.09. The van der Waals surface area contributed by atoms with Gasteiger partial charge in [0.2, 0.25) is 0 Å². The number of carbonyl (C=O) groups is 1. The molecule has 0 saturated carbocycles. The van der Waals surface area contributed by atoms with Crippen molar-refractivity contribution in [3.8, 4) is 0 Å². The van der Waals surface area contributed by atoms with E-state index in [0.717, 1.165) is 35.1 Å². The quantitative estimate of drug-likeness (QED) is 0.692. The molecule has 1 amide bonds. The van der Waals surface area contributed by atoms with Gasteiger partial charge in [-0.05, 0) is 20.2 Å². The summed E-state index contributed by atoms with van der Waals surface area (Å²) in [6.45, 7) is 2.33. The Hall–Kier alpha value is -2.60. The molecule has 0 fully saturated rings. The van der Waals surface area contributed by atoms with Crippen molar-refractivity contribution in [3.05, 3.63) is 54.0 Å². The van der Waals surface area contributed by atoms with Crippen LogP contribution in [0.4, 0.5) is 0 Å². The molecule has 0 aliphatic rings. The van der Waals surface area contributed by atoms with Crippen molar-refractivity contribution >= 4 is 16.8 Å². The fraction of sp³-hybridized carbons (Fsp3) is 0.368. The Morgan fingerprint density at radius 1 is 1.16 bits per heavy atom. The summed E-state index contributed by atoms with van der Waals surface area (Å²) in [5, 5.41) is 5.17. The van der Waals surface area contributed by atoms with E-state index in [9.17, 15) is 4.79 Å². The van der Waals surface area contributed by atoms with Crippen LogP contribution < -0.4 is 0 Å². The van der Waals surface area contributed by atoms with Gasteiger partial charge in [-0.15, -0.1) is 0 Å². The molecule has 3 aromatic rings. The molecule has 2 heterocycles. The minimum absolute atomic E-state index is 0.0312. The molecule has 3 rings (SSSR count). The molecule has 0 radical (unpaired) electrons. The monoisotopic (exact) mass is 339 g/mol. The fourth-order valence-corrected chi connectivity index (χ4v) is 3.01. The number of hydrogen-bond donors (Lipinski definition) is 0. The number of aromatic nitrogens is 3. The number of rotatable bonds is 6. The highest BCUT2D eigenvalue weighted by atomic mass is 16.2. The van der Waals surface area contributed by atoms with Gasteiger partial charge in [-0.25, -0.2) is 0 Å². The summed E-state index contributed by atoms with van der Waals surface area (Å²) in [7, 11) is 7.82. The Bertz CT molecular complexity index is 877. The molecule has 0 unspecified atom stereocenters. The highest BCUT2D eigenvalue weighted by Gasteiger charge is 2.19. The van der Waals surface area contributed by atoms with Crippen molar-refractivity contribution in [3.63, 3.8) is 0 Å². The lowest BCUT2D eigenvalue weighted by Crippen LogP contribution is -2.26. The van der Waals surface area contributed by atoms with Gasteiger partial charge in [0.05, 0.1) is 11.8 Å². The summed E-state index contributed by atoms with van der Waals surface area (Å²) >= 11 is 0. The zero-order chi connectivity index (χ0) is 18.0. The van der Waals surface area contributed by atoms with Crippen LogP contribution in [-0.4, -0.2) is 57.7 Å². The number of aryl methyl sites for hydroxylation is 1. The Morgan fingerprint density at radius 2 is 1.92 bits per heavy atom. The van der Waals surface area contributed by atoms with Crippen LogP contribution in [-0.2, 0) is 20.1 Å². The van der Waals surface area contributed by atoms with Gasteiger partial charge in [0.25, 0.3) is 5.91 Å². The second-order valence-corrected chi connectivity index (χ2v) is 6.74. The van der Waals surface area contributed by atoms with Crippen LogP contribution >= 0.6 is 0 Å². The normalized spacial score (nSPS) is 11.4. The molecule has 0 atom stereocenters. The number of nitrogens with zero attached hydrogens (tertiary/aromatic N) is 5. The zero-order valence-corrected chi connectivity index (χ0v) is 15.3. The molecular formula is C19H25N5O. The summed E-state index contributed by atoms with van der Waals surface area (Å²) in [5.74, 6) is 0.0312. The lowest BCUT2D eigenvalue weighted by Gasteiger charge is -2.15. The molecule has 0 saturated heterocycles. The number of carbonyl (C=O) groups excluding carboxylic acids is 1. The van der Waals surface area contributed by atoms with Gasteiger partial charge in [0, 0.05) is 62.6 Å². The van der Waals surface area contributed by atoms with Gasteiger partial charge < -0.3 is 14.4 Å². The second kappa shape index (κ2) is 7.11. The third-order valence-corrected chi connectivity index (χ3v) is 4.33. The molecule has 2 aromatic heterocycles. The predicted octanol–water partition coefficient (Wildman–Crippen LogP) is 2.21. The Balaban J connectivity index is 1.87. The van der Waals surface area contributed by atoms with Gasteiger partial charge in [-0.2, -0.15) is 5.10 Å². The minimum Gasteiger partial charge on any atom is -0.345 e. The van der Waals surface area contributed by atoms with E-state index in [2.05, 4.69) is 34.7 Å². The third kappa shape index (κ3) is 3.74. The topological polar surface area (TPSA) is 46.3 Å². The average molecular weight is 339 g/mol. The van der Waals surface area contributed by atoms with E-state index in [1.54, 1.807) is 15.8 Å². The highest BCUT2D eigenvalue weighted by molar-refractivity contribution is 6.06. The van der Waals surface area contributed by atoms with E-state index in [1.165, 1.54) is 0 Å². The highest BCUT2D eigenvalue weighted by Crippen LogP contribution is 2.23. The average Bonchev–Trinajstić information content (AvgIpc) is 3.16. The molecule has 6 nitrogen and oxygen atoms in total. The van der Waals surface area contributed by atoms with Crippen molar-refractivity contribution in [2.24, 2.45) is 7.05 Å².